The van der Waals surface area contributed by atoms with Crippen LogP contribution in [0.2, 0.25) is 0 Å². The fraction of sp³-hybridized carbons (Fsp3) is 0.400. The van der Waals surface area contributed by atoms with Crippen molar-refractivity contribution in [2.75, 3.05) is 24.3 Å². The normalized spacial score (nSPS) is 14.2. The lowest BCUT2D eigenvalue weighted by Gasteiger charge is -2.18. The van der Waals surface area contributed by atoms with Crippen molar-refractivity contribution in [3.8, 4) is 5.88 Å². The Hall–Kier alpha value is -2.17. The van der Waals surface area contributed by atoms with Crippen LogP contribution in [0.4, 0.5) is 11.5 Å². The van der Waals surface area contributed by atoms with E-state index >= 15 is 0 Å². The van der Waals surface area contributed by atoms with Crippen LogP contribution in [0.1, 0.15) is 18.6 Å². The lowest BCUT2D eigenvalue weighted by Crippen LogP contribution is -2.18. The van der Waals surface area contributed by atoms with E-state index in [0.717, 1.165) is 11.6 Å². The highest BCUT2D eigenvalue weighted by atomic mass is 16.5. The third-order valence-electron chi connectivity index (χ3n) is 3.39. The smallest absolute Gasteiger partial charge is 0.239 e. The minimum Gasteiger partial charge on any atom is -0.476 e. The average molecular weight is 273 g/mol. The Morgan fingerprint density at radius 2 is 2.25 bits per heavy atom. The molecule has 0 aliphatic heterocycles. The largest absolute Gasteiger partial charge is 0.476 e. The van der Waals surface area contributed by atoms with Crippen molar-refractivity contribution >= 4 is 11.5 Å². The molecule has 20 heavy (non-hydrogen) atoms. The second-order valence-corrected chi connectivity index (χ2v) is 5.25. The zero-order valence-electron chi connectivity index (χ0n) is 11.6. The van der Waals surface area contributed by atoms with E-state index in [9.17, 15) is 0 Å². The second kappa shape index (κ2) is 5.45. The molecule has 0 unspecified atom stereocenters. The number of ether oxygens (including phenoxy) is 1. The number of hydrogen-bond donors (Lipinski definition) is 1. The monoisotopic (exact) mass is 273 g/mol. The van der Waals surface area contributed by atoms with Crippen molar-refractivity contribution < 1.29 is 9.15 Å². The van der Waals surface area contributed by atoms with Crippen molar-refractivity contribution in [1.82, 2.24) is 4.98 Å². The molecule has 5 heteroatoms. The van der Waals surface area contributed by atoms with E-state index in [2.05, 4.69) is 4.98 Å². The molecular weight excluding hydrogens is 254 g/mol. The lowest BCUT2D eigenvalue weighted by molar-refractivity contribution is 0.290. The number of rotatable bonds is 6. The summed E-state index contributed by atoms with van der Waals surface area (Å²) in [6.45, 7) is 1.37. The van der Waals surface area contributed by atoms with E-state index in [0.29, 0.717) is 30.6 Å². The molecule has 1 saturated carbocycles. The molecule has 1 fully saturated rings. The quantitative estimate of drug-likeness (QED) is 0.876. The van der Waals surface area contributed by atoms with Crippen LogP contribution in [-0.4, -0.2) is 18.6 Å². The molecule has 3 rings (SSSR count). The highest BCUT2D eigenvalue weighted by Crippen LogP contribution is 2.31. The second-order valence-electron chi connectivity index (χ2n) is 5.25. The van der Waals surface area contributed by atoms with Gasteiger partial charge < -0.3 is 19.8 Å². The van der Waals surface area contributed by atoms with Gasteiger partial charge in [0.15, 0.2) is 0 Å². The maximum absolute atomic E-state index is 5.91. The summed E-state index contributed by atoms with van der Waals surface area (Å²) >= 11 is 0. The number of hydrogen-bond acceptors (Lipinski definition) is 5. The first kappa shape index (κ1) is 12.8. The molecule has 2 N–H and O–H groups in total. The molecule has 5 nitrogen and oxygen atoms in total. The molecule has 2 heterocycles. The zero-order chi connectivity index (χ0) is 13.9. The highest BCUT2D eigenvalue weighted by Gasteiger charge is 2.22. The number of nitrogens with two attached hydrogens (primary N) is 1. The van der Waals surface area contributed by atoms with Gasteiger partial charge in [-0.3, -0.25) is 0 Å². The predicted octanol–water partition coefficient (Wildman–Crippen LogP) is 2.68. The average Bonchev–Trinajstić information content (AvgIpc) is 3.14. The molecule has 0 aromatic carbocycles. The minimum absolute atomic E-state index is 0.528. The Labute approximate surface area is 118 Å². The molecular formula is C15H19N3O2. The molecule has 1 aliphatic carbocycles. The van der Waals surface area contributed by atoms with Crippen molar-refractivity contribution in [3.05, 3.63) is 36.3 Å². The van der Waals surface area contributed by atoms with Crippen LogP contribution in [0.5, 0.6) is 5.88 Å². The number of pyridine rings is 1. The fourth-order valence-corrected chi connectivity index (χ4v) is 1.97. The number of nitrogen functional groups attached to an aromatic ring is 1. The molecule has 0 bridgehead atoms. The van der Waals surface area contributed by atoms with Gasteiger partial charge in [0.1, 0.15) is 11.6 Å². The summed E-state index contributed by atoms with van der Waals surface area (Å²) < 4.78 is 11.0. The van der Waals surface area contributed by atoms with Crippen LogP contribution in [0.15, 0.2) is 34.9 Å². The standard InChI is InChI=1S/C15H19N3O2/c1-18(9-12-3-2-8-19-12)14-7-6-13(16)15(17-14)20-10-11-4-5-11/h2-3,6-8,11H,4-5,9-10,16H2,1H3. The van der Waals surface area contributed by atoms with Gasteiger partial charge >= 0.3 is 0 Å². The number of nitrogens with zero attached hydrogens (tertiary/aromatic N) is 2. The Morgan fingerprint density at radius 1 is 1.40 bits per heavy atom. The summed E-state index contributed by atoms with van der Waals surface area (Å²) in [5.74, 6) is 2.93. The summed E-state index contributed by atoms with van der Waals surface area (Å²) in [5.41, 5.74) is 6.49. The topological polar surface area (TPSA) is 64.5 Å². The van der Waals surface area contributed by atoms with Gasteiger partial charge in [0, 0.05) is 7.05 Å². The van der Waals surface area contributed by atoms with Crippen LogP contribution in [0, 0.1) is 5.92 Å². The molecule has 106 valence electrons. The first-order chi connectivity index (χ1) is 9.72. The maximum Gasteiger partial charge on any atom is 0.239 e. The third-order valence-corrected chi connectivity index (χ3v) is 3.39. The molecule has 0 atom stereocenters. The van der Waals surface area contributed by atoms with Gasteiger partial charge in [0.2, 0.25) is 5.88 Å². The van der Waals surface area contributed by atoms with Crippen LogP contribution < -0.4 is 15.4 Å². The van der Waals surface area contributed by atoms with Crippen LogP contribution in [-0.2, 0) is 6.54 Å². The first-order valence-electron chi connectivity index (χ1n) is 6.85. The van der Waals surface area contributed by atoms with Crippen molar-refractivity contribution in [2.45, 2.75) is 19.4 Å². The Kier molecular flexibility index (Phi) is 3.50. The van der Waals surface area contributed by atoms with Gasteiger partial charge in [-0.1, -0.05) is 0 Å². The lowest BCUT2D eigenvalue weighted by atomic mass is 10.3. The predicted molar refractivity (Wildman–Crippen MR) is 77.7 cm³/mol. The molecule has 0 spiro atoms. The van der Waals surface area contributed by atoms with Crippen molar-refractivity contribution in [1.29, 1.82) is 0 Å². The summed E-state index contributed by atoms with van der Waals surface area (Å²) in [6, 6.07) is 7.55. The van der Waals surface area contributed by atoms with E-state index < -0.39 is 0 Å². The molecule has 2 aromatic heterocycles. The van der Waals surface area contributed by atoms with Crippen LogP contribution >= 0.6 is 0 Å². The summed E-state index contributed by atoms with van der Waals surface area (Å²) in [6.07, 6.45) is 4.17. The van der Waals surface area contributed by atoms with E-state index in [1.165, 1.54) is 12.8 Å². The molecule has 0 radical (unpaired) electrons. The van der Waals surface area contributed by atoms with Crippen molar-refractivity contribution in [3.63, 3.8) is 0 Å². The molecule has 2 aromatic rings. The number of anilines is 2. The van der Waals surface area contributed by atoms with Crippen LogP contribution in [0.25, 0.3) is 0 Å². The van der Waals surface area contributed by atoms with Gasteiger partial charge in [0.25, 0.3) is 0 Å². The van der Waals surface area contributed by atoms with Crippen LogP contribution in [0.3, 0.4) is 0 Å². The molecule has 1 aliphatic rings. The number of furan rings is 1. The molecule has 0 amide bonds. The zero-order valence-corrected chi connectivity index (χ0v) is 11.6. The van der Waals surface area contributed by atoms with Gasteiger partial charge in [-0.15, -0.1) is 0 Å². The van der Waals surface area contributed by atoms with Gasteiger partial charge in [-0.05, 0) is 43.0 Å². The number of aromatic nitrogens is 1. The first-order valence-corrected chi connectivity index (χ1v) is 6.85. The van der Waals surface area contributed by atoms with E-state index in [1.807, 2.05) is 36.2 Å². The third kappa shape index (κ3) is 3.04. The highest BCUT2D eigenvalue weighted by molar-refractivity contribution is 5.54. The summed E-state index contributed by atoms with van der Waals surface area (Å²) in [4.78, 5) is 6.49. The minimum atomic E-state index is 0.528. The SMILES string of the molecule is CN(Cc1ccco1)c1ccc(N)c(OCC2CC2)n1. The van der Waals surface area contributed by atoms with Gasteiger partial charge in [-0.25, -0.2) is 0 Å². The summed E-state index contributed by atoms with van der Waals surface area (Å²) in [5, 5.41) is 0. The Balaban J connectivity index is 1.69. The Bertz CT molecular complexity index is 565. The van der Waals surface area contributed by atoms with E-state index in [1.54, 1.807) is 6.26 Å². The summed E-state index contributed by atoms with van der Waals surface area (Å²) in [7, 11) is 1.96. The van der Waals surface area contributed by atoms with E-state index in [-0.39, 0.29) is 0 Å². The molecule has 0 saturated heterocycles. The Morgan fingerprint density at radius 3 is 2.95 bits per heavy atom. The van der Waals surface area contributed by atoms with Gasteiger partial charge in [0.05, 0.1) is 25.1 Å². The van der Waals surface area contributed by atoms with E-state index in [4.69, 9.17) is 14.9 Å². The van der Waals surface area contributed by atoms with Crippen molar-refractivity contribution in [2.24, 2.45) is 5.92 Å². The maximum atomic E-state index is 5.91. The van der Waals surface area contributed by atoms with Gasteiger partial charge in [-0.2, -0.15) is 4.98 Å². The fourth-order valence-electron chi connectivity index (χ4n) is 1.97.